The van der Waals surface area contributed by atoms with Crippen molar-refractivity contribution in [2.24, 2.45) is 5.92 Å². The van der Waals surface area contributed by atoms with Crippen molar-refractivity contribution in [3.63, 3.8) is 0 Å². The minimum absolute atomic E-state index is 0.0144. The molecule has 1 atom stereocenters. The van der Waals surface area contributed by atoms with Crippen LogP contribution in [0.4, 0.5) is 0 Å². The second-order valence-corrected chi connectivity index (χ2v) is 4.74. The van der Waals surface area contributed by atoms with E-state index in [4.69, 9.17) is 0 Å². The van der Waals surface area contributed by atoms with Gasteiger partial charge in [-0.2, -0.15) is 4.98 Å². The summed E-state index contributed by atoms with van der Waals surface area (Å²) in [6.45, 7) is 0.578. The zero-order chi connectivity index (χ0) is 12.5. The first-order chi connectivity index (χ1) is 8.74. The van der Waals surface area contributed by atoms with Crippen molar-refractivity contribution in [2.75, 3.05) is 13.1 Å². The van der Waals surface area contributed by atoms with E-state index < -0.39 is 0 Å². The number of nitrogens with zero attached hydrogens (tertiary/aromatic N) is 3. The minimum Gasteiger partial charge on any atom is -0.343 e. The third-order valence-corrected chi connectivity index (χ3v) is 3.33. The Bertz CT molecular complexity index is 455. The van der Waals surface area contributed by atoms with Gasteiger partial charge in [-0.15, -0.1) is 0 Å². The maximum absolute atomic E-state index is 12.2. The molecule has 7 heteroatoms. The van der Waals surface area contributed by atoms with E-state index in [1.807, 2.05) is 0 Å². The first kappa shape index (κ1) is 11.2. The molecule has 0 spiro atoms. The lowest BCUT2D eigenvalue weighted by molar-refractivity contribution is -0.144. The van der Waals surface area contributed by atoms with Crippen molar-refractivity contribution >= 4 is 11.8 Å². The largest absolute Gasteiger partial charge is 0.343 e. The Morgan fingerprint density at radius 3 is 2.94 bits per heavy atom. The van der Waals surface area contributed by atoms with Gasteiger partial charge in [0.1, 0.15) is 6.04 Å². The van der Waals surface area contributed by atoms with Crippen molar-refractivity contribution in [1.82, 2.24) is 20.4 Å². The summed E-state index contributed by atoms with van der Waals surface area (Å²) in [4.78, 5) is 29.2. The van der Waals surface area contributed by atoms with Crippen LogP contribution in [0, 0.1) is 5.92 Å². The highest BCUT2D eigenvalue weighted by molar-refractivity contribution is 5.95. The second-order valence-electron chi connectivity index (χ2n) is 4.74. The van der Waals surface area contributed by atoms with Crippen LogP contribution in [0.3, 0.4) is 0 Å². The van der Waals surface area contributed by atoms with Crippen LogP contribution < -0.4 is 5.32 Å². The lowest BCUT2D eigenvalue weighted by atomic mass is 10.1. The summed E-state index contributed by atoms with van der Waals surface area (Å²) in [5, 5.41) is 6.46. The number of hydrogen-bond acceptors (Lipinski definition) is 5. The molecular weight excluding hydrogens is 236 g/mol. The van der Waals surface area contributed by atoms with Gasteiger partial charge in [-0.05, 0) is 18.8 Å². The fourth-order valence-electron chi connectivity index (χ4n) is 2.20. The first-order valence-electron chi connectivity index (χ1n) is 6.07. The Labute approximate surface area is 104 Å². The van der Waals surface area contributed by atoms with E-state index in [1.54, 1.807) is 4.90 Å². The Morgan fingerprint density at radius 2 is 2.28 bits per heavy atom. The lowest BCUT2D eigenvalue weighted by Gasteiger charge is -2.32. The van der Waals surface area contributed by atoms with Gasteiger partial charge in [-0.25, -0.2) is 0 Å². The van der Waals surface area contributed by atoms with Crippen LogP contribution >= 0.6 is 0 Å². The van der Waals surface area contributed by atoms with Gasteiger partial charge in [-0.1, -0.05) is 5.16 Å². The van der Waals surface area contributed by atoms with Crippen LogP contribution in [-0.4, -0.2) is 46.0 Å². The van der Waals surface area contributed by atoms with Gasteiger partial charge in [0.15, 0.2) is 5.82 Å². The molecule has 1 saturated heterocycles. The highest BCUT2D eigenvalue weighted by atomic mass is 16.5. The Kier molecular flexibility index (Phi) is 2.73. The van der Waals surface area contributed by atoms with Crippen LogP contribution in [-0.2, 0) is 16.0 Å². The van der Waals surface area contributed by atoms with Crippen LogP contribution in [0.5, 0.6) is 0 Å². The summed E-state index contributed by atoms with van der Waals surface area (Å²) in [7, 11) is 0. The van der Waals surface area contributed by atoms with E-state index in [9.17, 15) is 9.59 Å². The number of rotatable bonds is 4. The molecule has 3 rings (SSSR count). The summed E-state index contributed by atoms with van der Waals surface area (Å²) in [6.07, 6.45) is 3.81. The van der Waals surface area contributed by atoms with Crippen molar-refractivity contribution < 1.29 is 14.1 Å². The average molecular weight is 250 g/mol. The SMILES string of the molecule is O=C1CN(CCc2ncon2)C(=O)C(C2CC2)N1. The summed E-state index contributed by atoms with van der Waals surface area (Å²) in [5.41, 5.74) is 0. The number of carbonyl (C=O) groups is 2. The number of hydrogen-bond donors (Lipinski definition) is 1. The third kappa shape index (κ3) is 2.20. The molecule has 0 radical (unpaired) electrons. The van der Waals surface area contributed by atoms with Gasteiger partial charge in [0, 0.05) is 13.0 Å². The quantitative estimate of drug-likeness (QED) is 0.767. The van der Waals surface area contributed by atoms with Gasteiger partial charge >= 0.3 is 0 Å². The van der Waals surface area contributed by atoms with Crippen molar-refractivity contribution in [1.29, 1.82) is 0 Å². The monoisotopic (exact) mass is 250 g/mol. The molecule has 1 aromatic heterocycles. The zero-order valence-electron chi connectivity index (χ0n) is 9.83. The molecule has 1 aliphatic heterocycles. The first-order valence-corrected chi connectivity index (χ1v) is 6.07. The highest BCUT2D eigenvalue weighted by Gasteiger charge is 2.42. The number of aromatic nitrogens is 2. The highest BCUT2D eigenvalue weighted by Crippen LogP contribution is 2.34. The fraction of sp³-hybridized carbons (Fsp3) is 0.636. The fourth-order valence-corrected chi connectivity index (χ4v) is 2.20. The molecule has 2 aliphatic rings. The maximum Gasteiger partial charge on any atom is 0.245 e. The summed E-state index contributed by atoms with van der Waals surface area (Å²) >= 11 is 0. The topological polar surface area (TPSA) is 88.3 Å². The van der Waals surface area contributed by atoms with E-state index in [1.165, 1.54) is 6.39 Å². The molecule has 1 aromatic rings. The number of nitrogens with one attached hydrogen (secondary N) is 1. The van der Waals surface area contributed by atoms with Crippen LogP contribution in [0.1, 0.15) is 18.7 Å². The van der Waals surface area contributed by atoms with Crippen LogP contribution in [0.25, 0.3) is 0 Å². The average Bonchev–Trinajstić information content (AvgIpc) is 3.06. The number of piperazine rings is 1. The third-order valence-electron chi connectivity index (χ3n) is 3.33. The standard InChI is InChI=1S/C11H14N4O3/c16-9-5-15(4-3-8-12-6-18-14-8)11(17)10(13-9)7-1-2-7/h6-7,10H,1-5H2,(H,13,16). The van der Waals surface area contributed by atoms with E-state index in [0.29, 0.717) is 24.7 Å². The van der Waals surface area contributed by atoms with Crippen LogP contribution in [0.15, 0.2) is 10.9 Å². The van der Waals surface area contributed by atoms with Crippen molar-refractivity contribution in [3.05, 3.63) is 12.2 Å². The Morgan fingerprint density at radius 1 is 1.44 bits per heavy atom. The van der Waals surface area contributed by atoms with E-state index in [0.717, 1.165) is 12.8 Å². The molecule has 1 saturated carbocycles. The summed E-state index contributed by atoms with van der Waals surface area (Å²) in [5.74, 6) is 0.811. The molecule has 1 N–H and O–H groups in total. The van der Waals surface area contributed by atoms with E-state index in [2.05, 4.69) is 20.0 Å². The predicted octanol–water partition coefficient (Wildman–Crippen LogP) is -0.651. The summed E-state index contributed by atoms with van der Waals surface area (Å²) in [6, 6.07) is -0.323. The van der Waals surface area contributed by atoms with E-state index in [-0.39, 0.29) is 24.4 Å². The smallest absolute Gasteiger partial charge is 0.245 e. The van der Waals surface area contributed by atoms with Gasteiger partial charge < -0.3 is 14.7 Å². The molecule has 18 heavy (non-hydrogen) atoms. The van der Waals surface area contributed by atoms with Crippen molar-refractivity contribution in [2.45, 2.75) is 25.3 Å². The molecule has 2 heterocycles. The molecule has 0 aromatic carbocycles. The molecule has 2 amide bonds. The zero-order valence-corrected chi connectivity index (χ0v) is 9.83. The number of carbonyl (C=O) groups excluding carboxylic acids is 2. The Balaban J connectivity index is 1.62. The lowest BCUT2D eigenvalue weighted by Crippen LogP contribution is -2.59. The van der Waals surface area contributed by atoms with Crippen LogP contribution in [0.2, 0.25) is 0 Å². The maximum atomic E-state index is 12.2. The minimum atomic E-state index is -0.323. The normalized spacial score (nSPS) is 24.2. The van der Waals surface area contributed by atoms with E-state index >= 15 is 0 Å². The molecular formula is C11H14N4O3. The van der Waals surface area contributed by atoms with Gasteiger partial charge in [0.05, 0.1) is 6.54 Å². The molecule has 1 aliphatic carbocycles. The van der Waals surface area contributed by atoms with Gasteiger partial charge in [-0.3, -0.25) is 9.59 Å². The predicted molar refractivity (Wildman–Crippen MR) is 59.2 cm³/mol. The molecule has 1 unspecified atom stereocenters. The van der Waals surface area contributed by atoms with Gasteiger partial charge in [0.2, 0.25) is 18.2 Å². The number of amides is 2. The summed E-state index contributed by atoms with van der Waals surface area (Å²) < 4.78 is 4.63. The molecule has 2 fully saturated rings. The van der Waals surface area contributed by atoms with Crippen molar-refractivity contribution in [3.8, 4) is 0 Å². The van der Waals surface area contributed by atoms with Gasteiger partial charge in [0.25, 0.3) is 0 Å². The molecule has 7 nitrogen and oxygen atoms in total. The molecule has 96 valence electrons. The molecule has 0 bridgehead atoms. The second kappa shape index (κ2) is 4.40. The Hall–Kier alpha value is -1.92.